The van der Waals surface area contributed by atoms with Crippen molar-refractivity contribution < 1.29 is 5.11 Å². The van der Waals surface area contributed by atoms with Crippen LogP contribution < -0.4 is 0 Å². The van der Waals surface area contributed by atoms with E-state index in [0.717, 1.165) is 22.0 Å². The van der Waals surface area contributed by atoms with Crippen LogP contribution in [0.25, 0.3) is 11.4 Å². The van der Waals surface area contributed by atoms with Gasteiger partial charge >= 0.3 is 0 Å². The molecule has 0 atom stereocenters. The lowest BCUT2D eigenvalue weighted by molar-refractivity contribution is 0.277. The highest BCUT2D eigenvalue weighted by Gasteiger charge is 2.04. The van der Waals surface area contributed by atoms with Gasteiger partial charge in [0.15, 0.2) is 0 Å². The van der Waals surface area contributed by atoms with Gasteiger partial charge in [-0.25, -0.2) is 4.98 Å². The van der Waals surface area contributed by atoms with E-state index in [1.165, 1.54) is 0 Å². The van der Waals surface area contributed by atoms with Gasteiger partial charge in [0.1, 0.15) is 5.82 Å². The molecule has 1 heterocycles. The SMILES string of the molecule is Cc1ccc(-c2ncc(CO)[nH]2)cc1Cl. The lowest BCUT2D eigenvalue weighted by Gasteiger charge is -2.00. The molecule has 2 rings (SSSR count). The Balaban J connectivity index is 2.40. The zero-order chi connectivity index (χ0) is 10.8. The molecule has 3 nitrogen and oxygen atoms in total. The van der Waals surface area contributed by atoms with Crippen LogP contribution >= 0.6 is 11.6 Å². The maximum Gasteiger partial charge on any atom is 0.137 e. The van der Waals surface area contributed by atoms with Crippen molar-refractivity contribution in [3.63, 3.8) is 0 Å². The van der Waals surface area contributed by atoms with E-state index in [1.807, 2.05) is 25.1 Å². The topological polar surface area (TPSA) is 48.9 Å². The first kappa shape index (κ1) is 10.2. The van der Waals surface area contributed by atoms with Crippen molar-refractivity contribution in [2.24, 2.45) is 0 Å². The number of imidazole rings is 1. The van der Waals surface area contributed by atoms with Crippen LogP contribution in [-0.4, -0.2) is 15.1 Å². The minimum absolute atomic E-state index is 0.0351. The number of aromatic amines is 1. The molecule has 1 aromatic carbocycles. The molecule has 0 aliphatic heterocycles. The molecule has 0 spiro atoms. The van der Waals surface area contributed by atoms with Crippen molar-refractivity contribution in [2.75, 3.05) is 0 Å². The fourth-order valence-electron chi connectivity index (χ4n) is 1.33. The molecule has 0 unspecified atom stereocenters. The van der Waals surface area contributed by atoms with E-state index in [-0.39, 0.29) is 6.61 Å². The third-order valence-electron chi connectivity index (χ3n) is 2.24. The van der Waals surface area contributed by atoms with Crippen molar-refractivity contribution in [1.82, 2.24) is 9.97 Å². The molecule has 2 N–H and O–H groups in total. The zero-order valence-corrected chi connectivity index (χ0v) is 9.04. The normalized spacial score (nSPS) is 10.6. The number of nitrogens with one attached hydrogen (secondary N) is 1. The zero-order valence-electron chi connectivity index (χ0n) is 8.29. The summed E-state index contributed by atoms with van der Waals surface area (Å²) < 4.78 is 0. The Morgan fingerprint density at radius 2 is 2.27 bits per heavy atom. The third-order valence-corrected chi connectivity index (χ3v) is 2.65. The van der Waals surface area contributed by atoms with Crippen molar-refractivity contribution in [2.45, 2.75) is 13.5 Å². The van der Waals surface area contributed by atoms with Crippen LogP contribution in [-0.2, 0) is 6.61 Å². The smallest absolute Gasteiger partial charge is 0.137 e. The number of aromatic nitrogens is 2. The van der Waals surface area contributed by atoms with E-state index < -0.39 is 0 Å². The van der Waals surface area contributed by atoms with Gasteiger partial charge in [0.2, 0.25) is 0 Å². The number of benzene rings is 1. The molecule has 2 aromatic rings. The summed E-state index contributed by atoms with van der Waals surface area (Å²) in [4.78, 5) is 7.16. The summed E-state index contributed by atoms with van der Waals surface area (Å²) in [5, 5.41) is 9.62. The molecule has 0 radical (unpaired) electrons. The number of aliphatic hydroxyl groups excluding tert-OH is 1. The largest absolute Gasteiger partial charge is 0.390 e. The van der Waals surface area contributed by atoms with Gasteiger partial charge in [0, 0.05) is 10.6 Å². The van der Waals surface area contributed by atoms with E-state index in [4.69, 9.17) is 16.7 Å². The number of nitrogens with zero attached hydrogens (tertiary/aromatic N) is 1. The van der Waals surface area contributed by atoms with Gasteiger partial charge in [0.05, 0.1) is 18.5 Å². The molecular weight excluding hydrogens is 212 g/mol. The number of aryl methyl sites for hydroxylation is 1. The monoisotopic (exact) mass is 222 g/mol. The van der Waals surface area contributed by atoms with Crippen LogP contribution in [0.2, 0.25) is 5.02 Å². The Morgan fingerprint density at radius 1 is 1.47 bits per heavy atom. The second-order valence-electron chi connectivity index (χ2n) is 3.38. The number of aliphatic hydroxyl groups is 1. The average molecular weight is 223 g/mol. The second kappa shape index (κ2) is 4.04. The molecule has 0 aliphatic carbocycles. The Morgan fingerprint density at radius 3 is 2.87 bits per heavy atom. The second-order valence-corrected chi connectivity index (χ2v) is 3.79. The highest BCUT2D eigenvalue weighted by atomic mass is 35.5. The summed E-state index contributed by atoms with van der Waals surface area (Å²) in [5.41, 5.74) is 2.65. The molecule has 0 bridgehead atoms. The summed E-state index contributed by atoms with van der Waals surface area (Å²) in [7, 11) is 0. The highest BCUT2D eigenvalue weighted by molar-refractivity contribution is 6.31. The quantitative estimate of drug-likeness (QED) is 0.821. The molecule has 0 saturated heterocycles. The minimum atomic E-state index is -0.0351. The van der Waals surface area contributed by atoms with Crippen LogP contribution in [0.3, 0.4) is 0 Å². The number of hydrogen-bond acceptors (Lipinski definition) is 2. The fraction of sp³-hybridized carbons (Fsp3) is 0.182. The molecule has 0 fully saturated rings. The Labute approximate surface area is 92.7 Å². The lowest BCUT2D eigenvalue weighted by atomic mass is 10.1. The van der Waals surface area contributed by atoms with E-state index in [9.17, 15) is 0 Å². The molecule has 1 aromatic heterocycles. The minimum Gasteiger partial charge on any atom is -0.390 e. The van der Waals surface area contributed by atoms with Gasteiger partial charge in [-0.15, -0.1) is 0 Å². The average Bonchev–Trinajstić information content (AvgIpc) is 2.70. The van der Waals surface area contributed by atoms with E-state index in [0.29, 0.717) is 5.69 Å². The first-order valence-corrected chi connectivity index (χ1v) is 5.00. The van der Waals surface area contributed by atoms with E-state index in [2.05, 4.69) is 9.97 Å². The molecular formula is C11H11ClN2O. The van der Waals surface area contributed by atoms with Gasteiger partial charge < -0.3 is 10.1 Å². The maximum absolute atomic E-state index is 8.90. The molecule has 0 saturated carbocycles. The third kappa shape index (κ3) is 2.03. The van der Waals surface area contributed by atoms with Crippen LogP contribution in [0.1, 0.15) is 11.3 Å². The first-order chi connectivity index (χ1) is 7.20. The van der Waals surface area contributed by atoms with Crippen molar-refractivity contribution >= 4 is 11.6 Å². The Hall–Kier alpha value is -1.32. The van der Waals surface area contributed by atoms with Crippen molar-refractivity contribution in [1.29, 1.82) is 0 Å². The predicted octanol–water partition coefficient (Wildman–Crippen LogP) is 2.53. The lowest BCUT2D eigenvalue weighted by Crippen LogP contribution is -1.84. The molecule has 78 valence electrons. The molecule has 0 aliphatic rings. The molecule has 15 heavy (non-hydrogen) atoms. The van der Waals surface area contributed by atoms with Crippen molar-refractivity contribution in [3.8, 4) is 11.4 Å². The van der Waals surface area contributed by atoms with Gasteiger partial charge in [0.25, 0.3) is 0 Å². The maximum atomic E-state index is 8.90. The number of halogens is 1. The van der Waals surface area contributed by atoms with Crippen LogP contribution in [0.15, 0.2) is 24.4 Å². The predicted molar refractivity (Wildman–Crippen MR) is 59.7 cm³/mol. The summed E-state index contributed by atoms with van der Waals surface area (Å²) in [5.74, 6) is 0.723. The summed E-state index contributed by atoms with van der Waals surface area (Å²) in [6, 6.07) is 5.75. The standard InChI is InChI=1S/C11H11ClN2O/c1-7-2-3-8(4-10(7)12)11-13-5-9(6-15)14-11/h2-5,15H,6H2,1H3,(H,13,14). The van der Waals surface area contributed by atoms with Gasteiger partial charge in [-0.05, 0) is 18.6 Å². The van der Waals surface area contributed by atoms with Crippen LogP contribution in [0.4, 0.5) is 0 Å². The van der Waals surface area contributed by atoms with Crippen molar-refractivity contribution in [3.05, 3.63) is 40.7 Å². The molecule has 4 heteroatoms. The van der Waals surface area contributed by atoms with E-state index in [1.54, 1.807) is 6.20 Å². The number of H-pyrrole nitrogens is 1. The Kier molecular flexibility index (Phi) is 2.75. The summed E-state index contributed by atoms with van der Waals surface area (Å²) in [6.07, 6.45) is 1.61. The number of hydrogen-bond donors (Lipinski definition) is 2. The van der Waals surface area contributed by atoms with Crippen LogP contribution in [0.5, 0.6) is 0 Å². The molecule has 0 amide bonds. The van der Waals surface area contributed by atoms with E-state index >= 15 is 0 Å². The van der Waals surface area contributed by atoms with Gasteiger partial charge in [-0.1, -0.05) is 23.7 Å². The first-order valence-electron chi connectivity index (χ1n) is 4.62. The Bertz CT molecular complexity index is 479. The van der Waals surface area contributed by atoms with Gasteiger partial charge in [-0.3, -0.25) is 0 Å². The number of rotatable bonds is 2. The summed E-state index contributed by atoms with van der Waals surface area (Å²) in [6.45, 7) is 1.92. The van der Waals surface area contributed by atoms with Gasteiger partial charge in [-0.2, -0.15) is 0 Å². The van der Waals surface area contributed by atoms with Crippen LogP contribution in [0, 0.1) is 6.92 Å². The summed E-state index contributed by atoms with van der Waals surface area (Å²) >= 11 is 6.01. The fourth-order valence-corrected chi connectivity index (χ4v) is 1.51. The highest BCUT2D eigenvalue weighted by Crippen LogP contribution is 2.23.